The van der Waals surface area contributed by atoms with Crippen molar-refractivity contribution in [2.75, 3.05) is 4.90 Å². The number of hydrogen-bond donors (Lipinski definition) is 1. The molecule has 2 aromatic heterocycles. The molecule has 2 rings (SSSR count). The number of nitrogens with zero attached hydrogens (tertiary/aromatic N) is 3. The quantitative estimate of drug-likeness (QED) is 0.889. The van der Waals surface area contributed by atoms with Crippen LogP contribution in [0.25, 0.3) is 0 Å². The van der Waals surface area contributed by atoms with Crippen LogP contribution in [0.1, 0.15) is 31.2 Å². The minimum absolute atomic E-state index is 0.136. The fourth-order valence-corrected chi connectivity index (χ4v) is 2.73. The van der Waals surface area contributed by atoms with E-state index in [4.69, 9.17) is 5.73 Å². The Balaban J connectivity index is 2.13. The maximum absolute atomic E-state index is 5.80. The summed E-state index contributed by atoms with van der Waals surface area (Å²) < 4.78 is 0. The molecule has 0 radical (unpaired) electrons. The predicted molar refractivity (Wildman–Crippen MR) is 85.0 cm³/mol. The van der Waals surface area contributed by atoms with Gasteiger partial charge in [-0.05, 0) is 44.2 Å². The van der Waals surface area contributed by atoms with E-state index in [0.29, 0.717) is 6.04 Å². The summed E-state index contributed by atoms with van der Waals surface area (Å²) in [6.45, 7) is 7.16. The smallest absolute Gasteiger partial charge is 0.225 e. The molecule has 20 heavy (non-hydrogen) atoms. The molecule has 1 unspecified atom stereocenters. The molecular formula is C15H22N4S. The van der Waals surface area contributed by atoms with E-state index in [0.717, 1.165) is 24.5 Å². The number of rotatable bonds is 6. The first-order valence-corrected chi connectivity index (χ1v) is 7.79. The second-order valence-electron chi connectivity index (χ2n) is 5.37. The molecular weight excluding hydrogens is 268 g/mol. The average molecular weight is 290 g/mol. The zero-order chi connectivity index (χ0) is 14.5. The zero-order valence-electron chi connectivity index (χ0n) is 12.3. The third-order valence-corrected chi connectivity index (χ3v) is 3.90. The van der Waals surface area contributed by atoms with Gasteiger partial charge < -0.3 is 10.6 Å². The van der Waals surface area contributed by atoms with Crippen molar-refractivity contribution in [3.63, 3.8) is 0 Å². The highest BCUT2D eigenvalue weighted by Crippen LogP contribution is 2.18. The van der Waals surface area contributed by atoms with E-state index in [2.05, 4.69) is 46.2 Å². The SMILES string of the molecule is CC(N)Cc1cnc(N(Cc2cccs2)C(C)C)nc1. The summed E-state index contributed by atoms with van der Waals surface area (Å²) in [6.07, 6.45) is 4.58. The molecule has 0 aliphatic carbocycles. The fraction of sp³-hybridized carbons (Fsp3) is 0.467. The first-order chi connectivity index (χ1) is 9.56. The van der Waals surface area contributed by atoms with E-state index in [9.17, 15) is 0 Å². The molecule has 0 saturated heterocycles. The Morgan fingerprint density at radius 2 is 1.95 bits per heavy atom. The van der Waals surface area contributed by atoms with Gasteiger partial charge in [-0.25, -0.2) is 9.97 Å². The van der Waals surface area contributed by atoms with E-state index in [1.54, 1.807) is 11.3 Å². The summed E-state index contributed by atoms with van der Waals surface area (Å²) in [5.41, 5.74) is 6.88. The van der Waals surface area contributed by atoms with Gasteiger partial charge in [-0.2, -0.15) is 0 Å². The molecule has 2 N–H and O–H groups in total. The summed E-state index contributed by atoms with van der Waals surface area (Å²) in [5.74, 6) is 0.779. The molecule has 2 aromatic rings. The molecule has 0 bridgehead atoms. The van der Waals surface area contributed by atoms with Gasteiger partial charge in [-0.1, -0.05) is 6.07 Å². The van der Waals surface area contributed by atoms with Crippen LogP contribution in [0.15, 0.2) is 29.9 Å². The lowest BCUT2D eigenvalue weighted by Gasteiger charge is -2.26. The molecule has 0 aliphatic rings. The highest BCUT2D eigenvalue weighted by molar-refractivity contribution is 7.09. The minimum atomic E-state index is 0.136. The summed E-state index contributed by atoms with van der Waals surface area (Å²) >= 11 is 1.76. The predicted octanol–water partition coefficient (Wildman–Crippen LogP) is 2.84. The van der Waals surface area contributed by atoms with Crippen molar-refractivity contribution in [1.29, 1.82) is 0 Å². The molecule has 1 atom stereocenters. The molecule has 5 heteroatoms. The van der Waals surface area contributed by atoms with Crippen molar-refractivity contribution >= 4 is 17.3 Å². The lowest BCUT2D eigenvalue weighted by Crippen LogP contribution is -2.31. The van der Waals surface area contributed by atoms with Gasteiger partial charge in [0.1, 0.15) is 0 Å². The van der Waals surface area contributed by atoms with E-state index in [1.807, 2.05) is 19.3 Å². The first-order valence-electron chi connectivity index (χ1n) is 6.91. The van der Waals surface area contributed by atoms with Crippen LogP contribution in [0.5, 0.6) is 0 Å². The van der Waals surface area contributed by atoms with Crippen molar-refractivity contribution in [2.45, 2.75) is 45.8 Å². The van der Waals surface area contributed by atoms with Crippen molar-refractivity contribution in [2.24, 2.45) is 5.73 Å². The van der Waals surface area contributed by atoms with Gasteiger partial charge in [0.05, 0.1) is 6.54 Å². The lowest BCUT2D eigenvalue weighted by molar-refractivity contribution is 0.661. The molecule has 0 saturated carbocycles. The molecule has 0 fully saturated rings. The Kier molecular flexibility index (Phi) is 5.09. The summed E-state index contributed by atoms with van der Waals surface area (Å²) in [4.78, 5) is 12.5. The van der Waals surface area contributed by atoms with Crippen molar-refractivity contribution in [3.05, 3.63) is 40.3 Å². The van der Waals surface area contributed by atoms with Crippen LogP contribution in [0.4, 0.5) is 5.95 Å². The molecule has 2 heterocycles. The van der Waals surface area contributed by atoms with Gasteiger partial charge >= 0.3 is 0 Å². The normalized spacial score (nSPS) is 12.7. The molecule has 0 aromatic carbocycles. The van der Waals surface area contributed by atoms with Gasteiger partial charge in [-0.15, -0.1) is 11.3 Å². The van der Waals surface area contributed by atoms with Gasteiger partial charge in [0, 0.05) is 29.4 Å². The fourth-order valence-electron chi connectivity index (χ4n) is 2.03. The minimum Gasteiger partial charge on any atom is -0.333 e. The van der Waals surface area contributed by atoms with Crippen molar-refractivity contribution < 1.29 is 0 Å². The Hall–Kier alpha value is -1.46. The Bertz CT molecular complexity index is 505. The number of nitrogens with two attached hydrogens (primary N) is 1. The summed E-state index contributed by atoms with van der Waals surface area (Å²) in [6, 6.07) is 4.71. The van der Waals surface area contributed by atoms with Gasteiger partial charge in [-0.3, -0.25) is 0 Å². The van der Waals surface area contributed by atoms with E-state index < -0.39 is 0 Å². The van der Waals surface area contributed by atoms with Crippen LogP contribution in [-0.4, -0.2) is 22.1 Å². The van der Waals surface area contributed by atoms with Gasteiger partial charge in [0.15, 0.2) is 0 Å². The summed E-state index contributed by atoms with van der Waals surface area (Å²) in [5, 5.41) is 2.10. The Labute approximate surface area is 124 Å². The number of thiophene rings is 1. The van der Waals surface area contributed by atoms with Gasteiger partial charge in [0.25, 0.3) is 0 Å². The zero-order valence-corrected chi connectivity index (χ0v) is 13.1. The molecule has 108 valence electrons. The third-order valence-electron chi connectivity index (χ3n) is 3.04. The van der Waals surface area contributed by atoms with Crippen LogP contribution in [-0.2, 0) is 13.0 Å². The molecule has 0 spiro atoms. The highest BCUT2D eigenvalue weighted by Gasteiger charge is 2.14. The molecule has 0 amide bonds. The second-order valence-corrected chi connectivity index (χ2v) is 6.41. The van der Waals surface area contributed by atoms with Crippen LogP contribution in [0, 0.1) is 0 Å². The topological polar surface area (TPSA) is 55.0 Å². The largest absolute Gasteiger partial charge is 0.333 e. The average Bonchev–Trinajstić information content (AvgIpc) is 2.89. The van der Waals surface area contributed by atoms with E-state index in [1.165, 1.54) is 4.88 Å². The van der Waals surface area contributed by atoms with E-state index >= 15 is 0 Å². The number of aromatic nitrogens is 2. The van der Waals surface area contributed by atoms with Gasteiger partial charge in [0.2, 0.25) is 5.95 Å². The summed E-state index contributed by atoms with van der Waals surface area (Å²) in [7, 11) is 0. The maximum Gasteiger partial charge on any atom is 0.225 e. The Morgan fingerprint density at radius 3 is 2.45 bits per heavy atom. The first kappa shape index (κ1) is 14.9. The van der Waals surface area contributed by atoms with E-state index in [-0.39, 0.29) is 6.04 Å². The third kappa shape index (κ3) is 4.02. The Morgan fingerprint density at radius 1 is 1.25 bits per heavy atom. The monoisotopic (exact) mass is 290 g/mol. The molecule has 0 aliphatic heterocycles. The standard InChI is InChI=1S/C15H22N4S/c1-11(2)19(10-14-5-4-6-20-14)15-17-8-13(9-18-15)7-12(3)16/h4-6,8-9,11-12H,7,10,16H2,1-3H3. The van der Waals surface area contributed by atoms with Crippen LogP contribution in [0.3, 0.4) is 0 Å². The highest BCUT2D eigenvalue weighted by atomic mass is 32.1. The second kappa shape index (κ2) is 6.81. The lowest BCUT2D eigenvalue weighted by atomic mass is 10.1. The van der Waals surface area contributed by atoms with Crippen molar-refractivity contribution in [1.82, 2.24) is 9.97 Å². The number of hydrogen-bond acceptors (Lipinski definition) is 5. The molecule has 4 nitrogen and oxygen atoms in total. The number of anilines is 1. The van der Waals surface area contributed by atoms with Crippen LogP contribution < -0.4 is 10.6 Å². The maximum atomic E-state index is 5.80. The van der Waals surface area contributed by atoms with Crippen molar-refractivity contribution in [3.8, 4) is 0 Å². The van der Waals surface area contributed by atoms with Crippen LogP contribution >= 0.6 is 11.3 Å². The van der Waals surface area contributed by atoms with Crippen LogP contribution in [0.2, 0.25) is 0 Å².